The Balaban J connectivity index is 1.76. The zero-order valence-electron chi connectivity index (χ0n) is 13.5. The third-order valence-corrected chi connectivity index (χ3v) is 3.37. The highest BCUT2D eigenvalue weighted by Crippen LogP contribution is 2.12. The van der Waals surface area contributed by atoms with E-state index in [0.717, 1.165) is 22.4 Å². The molecule has 5 nitrogen and oxygen atoms in total. The van der Waals surface area contributed by atoms with Crippen molar-refractivity contribution in [1.82, 2.24) is 10.6 Å². The predicted octanol–water partition coefficient (Wildman–Crippen LogP) is 2.84. The van der Waals surface area contributed by atoms with Crippen LogP contribution in [0.15, 0.2) is 48.5 Å². The van der Waals surface area contributed by atoms with Gasteiger partial charge in [-0.2, -0.15) is 0 Å². The maximum absolute atomic E-state index is 11.8. The molecule has 0 spiro atoms. The summed E-state index contributed by atoms with van der Waals surface area (Å²) in [5.74, 6) is 0.779. The van der Waals surface area contributed by atoms with E-state index in [1.54, 1.807) is 14.2 Å². The molecule has 5 heteroatoms. The van der Waals surface area contributed by atoms with Crippen molar-refractivity contribution in [1.29, 1.82) is 0 Å². The molecule has 0 heterocycles. The van der Waals surface area contributed by atoms with Crippen molar-refractivity contribution in [3.63, 3.8) is 0 Å². The summed E-state index contributed by atoms with van der Waals surface area (Å²) in [6.45, 7) is 1.53. The lowest BCUT2D eigenvalue weighted by molar-refractivity contribution is 0.185. The molecule has 2 N–H and O–H groups in total. The number of carbonyl (C=O) groups is 1. The molecule has 2 aromatic rings. The molecule has 0 aromatic heterocycles. The van der Waals surface area contributed by atoms with Gasteiger partial charge in [-0.15, -0.1) is 0 Å². The summed E-state index contributed by atoms with van der Waals surface area (Å²) in [5, 5.41) is 5.66. The first-order valence-corrected chi connectivity index (χ1v) is 7.42. The van der Waals surface area contributed by atoms with Crippen LogP contribution in [0.25, 0.3) is 0 Å². The molecule has 0 fully saturated rings. The molecule has 0 saturated carbocycles. The van der Waals surface area contributed by atoms with Gasteiger partial charge in [-0.05, 0) is 28.8 Å². The Morgan fingerprint density at radius 2 is 1.57 bits per heavy atom. The Bertz CT molecular complexity index is 626. The number of rotatable bonds is 7. The smallest absolute Gasteiger partial charge is 0.315 e. The molecule has 0 aliphatic carbocycles. The number of hydrogen-bond acceptors (Lipinski definition) is 3. The third kappa shape index (κ3) is 5.64. The van der Waals surface area contributed by atoms with Gasteiger partial charge in [-0.25, -0.2) is 4.79 Å². The predicted molar refractivity (Wildman–Crippen MR) is 89.2 cm³/mol. The SMILES string of the molecule is COCc1ccc(CNC(=O)NCc2cccc(OC)c2)cc1. The summed E-state index contributed by atoms with van der Waals surface area (Å²) >= 11 is 0. The topological polar surface area (TPSA) is 59.6 Å². The molecule has 2 aromatic carbocycles. The number of ether oxygens (including phenoxy) is 2. The summed E-state index contributed by atoms with van der Waals surface area (Å²) < 4.78 is 10.2. The Kier molecular flexibility index (Phi) is 6.44. The van der Waals surface area contributed by atoms with Crippen LogP contribution in [0.4, 0.5) is 4.79 Å². The quantitative estimate of drug-likeness (QED) is 0.826. The molecule has 122 valence electrons. The van der Waals surface area contributed by atoms with Crippen molar-refractivity contribution in [3.05, 3.63) is 65.2 Å². The lowest BCUT2D eigenvalue weighted by atomic mass is 10.1. The second kappa shape index (κ2) is 8.80. The van der Waals surface area contributed by atoms with E-state index >= 15 is 0 Å². The Morgan fingerprint density at radius 3 is 2.22 bits per heavy atom. The van der Waals surface area contributed by atoms with Gasteiger partial charge in [-0.1, -0.05) is 36.4 Å². The van der Waals surface area contributed by atoms with Crippen molar-refractivity contribution in [2.45, 2.75) is 19.7 Å². The van der Waals surface area contributed by atoms with E-state index in [9.17, 15) is 4.79 Å². The summed E-state index contributed by atoms with van der Waals surface area (Å²) in [6.07, 6.45) is 0. The van der Waals surface area contributed by atoms with E-state index in [-0.39, 0.29) is 6.03 Å². The van der Waals surface area contributed by atoms with Crippen LogP contribution < -0.4 is 15.4 Å². The van der Waals surface area contributed by atoms with Gasteiger partial charge in [0.25, 0.3) is 0 Å². The van der Waals surface area contributed by atoms with E-state index in [4.69, 9.17) is 9.47 Å². The van der Waals surface area contributed by atoms with Crippen molar-refractivity contribution in [2.24, 2.45) is 0 Å². The fraction of sp³-hybridized carbons (Fsp3) is 0.278. The van der Waals surface area contributed by atoms with Gasteiger partial charge in [0.15, 0.2) is 0 Å². The van der Waals surface area contributed by atoms with Crippen molar-refractivity contribution in [3.8, 4) is 5.75 Å². The average Bonchev–Trinajstić information content (AvgIpc) is 2.60. The molecule has 0 saturated heterocycles. The monoisotopic (exact) mass is 314 g/mol. The molecular weight excluding hydrogens is 292 g/mol. The van der Waals surface area contributed by atoms with Crippen molar-refractivity contribution >= 4 is 6.03 Å². The largest absolute Gasteiger partial charge is 0.497 e. The Hall–Kier alpha value is -2.53. The number of methoxy groups -OCH3 is 2. The molecule has 2 rings (SSSR count). The number of hydrogen-bond donors (Lipinski definition) is 2. The molecule has 0 aliphatic rings. The zero-order valence-corrected chi connectivity index (χ0v) is 13.5. The number of urea groups is 1. The van der Waals surface area contributed by atoms with Crippen LogP contribution >= 0.6 is 0 Å². The number of carbonyl (C=O) groups excluding carboxylic acids is 1. The first kappa shape index (κ1) is 16.8. The summed E-state index contributed by atoms with van der Waals surface area (Å²) in [5.41, 5.74) is 3.14. The highest BCUT2D eigenvalue weighted by Gasteiger charge is 2.02. The number of benzene rings is 2. The molecule has 2 amide bonds. The molecule has 0 unspecified atom stereocenters. The average molecular weight is 314 g/mol. The fourth-order valence-corrected chi connectivity index (χ4v) is 2.13. The normalized spacial score (nSPS) is 10.2. The van der Waals surface area contributed by atoms with Crippen LogP contribution in [0.3, 0.4) is 0 Å². The number of amides is 2. The molecule has 0 bridgehead atoms. The lowest BCUT2D eigenvalue weighted by Gasteiger charge is -2.09. The van der Waals surface area contributed by atoms with E-state index in [2.05, 4.69) is 10.6 Å². The minimum Gasteiger partial charge on any atom is -0.497 e. The second-order valence-corrected chi connectivity index (χ2v) is 5.14. The standard InChI is InChI=1S/C18H22N2O3/c1-22-13-15-8-6-14(7-9-15)11-19-18(21)20-12-16-4-3-5-17(10-16)23-2/h3-10H,11-13H2,1-2H3,(H2,19,20,21). The van der Waals surface area contributed by atoms with Crippen LogP contribution in [-0.4, -0.2) is 20.3 Å². The minimum absolute atomic E-state index is 0.200. The Labute approximate surface area is 136 Å². The third-order valence-electron chi connectivity index (χ3n) is 3.37. The molecular formula is C18H22N2O3. The Morgan fingerprint density at radius 1 is 0.913 bits per heavy atom. The zero-order chi connectivity index (χ0) is 16.5. The lowest BCUT2D eigenvalue weighted by Crippen LogP contribution is -2.34. The molecule has 0 radical (unpaired) electrons. The highest BCUT2D eigenvalue weighted by molar-refractivity contribution is 5.73. The first-order valence-electron chi connectivity index (χ1n) is 7.42. The maximum atomic E-state index is 11.8. The van der Waals surface area contributed by atoms with Gasteiger partial charge in [-0.3, -0.25) is 0 Å². The van der Waals surface area contributed by atoms with Crippen LogP contribution in [-0.2, 0) is 24.4 Å². The maximum Gasteiger partial charge on any atom is 0.315 e. The minimum atomic E-state index is -0.200. The van der Waals surface area contributed by atoms with Crippen LogP contribution in [0.5, 0.6) is 5.75 Å². The van der Waals surface area contributed by atoms with Gasteiger partial charge in [0.2, 0.25) is 0 Å². The van der Waals surface area contributed by atoms with E-state index in [1.165, 1.54) is 0 Å². The van der Waals surface area contributed by atoms with Gasteiger partial charge in [0.05, 0.1) is 13.7 Å². The molecule has 23 heavy (non-hydrogen) atoms. The molecule has 0 atom stereocenters. The van der Waals surface area contributed by atoms with Gasteiger partial charge >= 0.3 is 6.03 Å². The van der Waals surface area contributed by atoms with Crippen LogP contribution in [0.2, 0.25) is 0 Å². The summed E-state index contributed by atoms with van der Waals surface area (Å²) in [4.78, 5) is 11.8. The van der Waals surface area contributed by atoms with Crippen LogP contribution in [0.1, 0.15) is 16.7 Å². The van der Waals surface area contributed by atoms with E-state index in [0.29, 0.717) is 19.7 Å². The van der Waals surface area contributed by atoms with E-state index < -0.39 is 0 Å². The van der Waals surface area contributed by atoms with Gasteiger partial charge in [0.1, 0.15) is 5.75 Å². The van der Waals surface area contributed by atoms with Gasteiger partial charge in [0, 0.05) is 20.2 Å². The summed E-state index contributed by atoms with van der Waals surface area (Å²) in [7, 11) is 3.29. The van der Waals surface area contributed by atoms with Crippen molar-refractivity contribution < 1.29 is 14.3 Å². The summed E-state index contributed by atoms with van der Waals surface area (Å²) in [6, 6.07) is 15.4. The fourth-order valence-electron chi connectivity index (χ4n) is 2.13. The first-order chi connectivity index (χ1) is 11.2. The van der Waals surface area contributed by atoms with E-state index in [1.807, 2.05) is 48.5 Å². The number of nitrogens with one attached hydrogen (secondary N) is 2. The van der Waals surface area contributed by atoms with Crippen LogP contribution in [0, 0.1) is 0 Å². The highest BCUT2D eigenvalue weighted by atomic mass is 16.5. The van der Waals surface area contributed by atoms with Crippen molar-refractivity contribution in [2.75, 3.05) is 14.2 Å². The second-order valence-electron chi connectivity index (χ2n) is 5.14. The van der Waals surface area contributed by atoms with Gasteiger partial charge < -0.3 is 20.1 Å². The molecule has 0 aliphatic heterocycles.